The van der Waals surface area contributed by atoms with Gasteiger partial charge in [0.1, 0.15) is 6.00 Å². The molecule has 132 valence electrons. The second-order valence-electron chi connectivity index (χ2n) is 8.58. The molecule has 5 rings (SSSR count). The van der Waals surface area contributed by atoms with Crippen LogP contribution >= 0.6 is 0 Å². The van der Waals surface area contributed by atoms with Crippen molar-refractivity contribution in [2.45, 2.75) is 58.7 Å². The Hall–Kier alpha value is -1.08. The lowest BCUT2D eigenvalue weighted by molar-refractivity contribution is -0.160. The summed E-state index contributed by atoms with van der Waals surface area (Å²) >= 11 is 0. The van der Waals surface area contributed by atoms with Gasteiger partial charge < -0.3 is 14.0 Å². The topological polar surface area (TPSA) is 68.4 Å². The number of hydrogen-bond acceptors (Lipinski definition) is 6. The fourth-order valence-electron chi connectivity index (χ4n) is 5.21. The molecule has 2 heterocycles. The number of rotatable bonds is 2. The van der Waals surface area contributed by atoms with Gasteiger partial charge in [0, 0.05) is 6.04 Å². The maximum atomic E-state index is 12.3. The van der Waals surface area contributed by atoms with Gasteiger partial charge in [0.15, 0.2) is 0 Å². The van der Waals surface area contributed by atoms with Gasteiger partial charge in [-0.2, -0.15) is 0 Å². The zero-order chi connectivity index (χ0) is 17.2. The lowest BCUT2D eigenvalue weighted by Crippen LogP contribution is -2.62. The Balaban J connectivity index is 1.45. The first-order valence-corrected chi connectivity index (χ1v) is 9.06. The minimum absolute atomic E-state index is 0.0289. The minimum Gasteiger partial charge on any atom is -0.496 e. The van der Waals surface area contributed by atoms with E-state index in [9.17, 15) is 9.59 Å². The molecule has 0 N–H and O–H groups in total. The van der Waals surface area contributed by atoms with Crippen LogP contribution < -0.4 is 0 Å². The molecule has 3 saturated carbocycles. The molecule has 24 heavy (non-hydrogen) atoms. The first-order chi connectivity index (χ1) is 11.3. The van der Waals surface area contributed by atoms with Crippen LogP contribution in [0.5, 0.6) is 0 Å². The van der Waals surface area contributed by atoms with Crippen LogP contribution in [0.4, 0.5) is 0 Å². The standard InChI is InChI=1S/C17H26BNO5/c1-9-12-5-11(17(12,3)4)6-13(9)19-7-14(20)23-18(16-10(2)22-16)24-15(21)8-19/h9-13,16H,5-8H2,1-4H3/t9-,10+,11?,12-,13?,16?/m1/s1. The maximum absolute atomic E-state index is 12.3. The third-order valence-corrected chi connectivity index (χ3v) is 6.97. The van der Waals surface area contributed by atoms with Crippen molar-refractivity contribution in [2.24, 2.45) is 23.2 Å². The monoisotopic (exact) mass is 335 g/mol. The van der Waals surface area contributed by atoms with Crippen LogP contribution in [0.25, 0.3) is 0 Å². The molecule has 0 amide bonds. The van der Waals surface area contributed by atoms with E-state index in [2.05, 4.69) is 20.8 Å². The van der Waals surface area contributed by atoms with Crippen LogP contribution in [0.2, 0.25) is 0 Å². The molecular formula is C17H26BNO5. The molecule has 7 heteroatoms. The van der Waals surface area contributed by atoms with E-state index in [0.717, 1.165) is 6.42 Å². The van der Waals surface area contributed by atoms with Crippen LogP contribution in [-0.2, 0) is 23.6 Å². The highest BCUT2D eigenvalue weighted by Crippen LogP contribution is 2.62. The lowest BCUT2D eigenvalue weighted by atomic mass is 9.44. The molecular weight excluding hydrogens is 309 g/mol. The van der Waals surface area contributed by atoms with Crippen molar-refractivity contribution in [3.63, 3.8) is 0 Å². The van der Waals surface area contributed by atoms with Crippen LogP contribution in [-0.4, -0.2) is 55.2 Å². The molecule has 5 aliphatic rings. The Labute approximate surface area is 143 Å². The molecule has 3 aliphatic carbocycles. The highest BCUT2D eigenvalue weighted by atomic mass is 16.7. The molecule has 5 fully saturated rings. The van der Waals surface area contributed by atoms with Gasteiger partial charge in [-0.15, -0.1) is 0 Å². The summed E-state index contributed by atoms with van der Waals surface area (Å²) in [4.78, 5) is 26.5. The van der Waals surface area contributed by atoms with Gasteiger partial charge in [0.05, 0.1) is 19.2 Å². The zero-order valence-corrected chi connectivity index (χ0v) is 14.9. The van der Waals surface area contributed by atoms with Gasteiger partial charge in [0.25, 0.3) is 0 Å². The van der Waals surface area contributed by atoms with E-state index in [0.29, 0.717) is 23.2 Å². The Kier molecular flexibility index (Phi) is 3.73. The van der Waals surface area contributed by atoms with Gasteiger partial charge in [-0.05, 0) is 42.9 Å². The first-order valence-electron chi connectivity index (χ1n) is 9.06. The number of fused-ring (bicyclic) bond motifs is 2. The molecule has 0 aromatic rings. The highest BCUT2D eigenvalue weighted by molar-refractivity contribution is 6.51. The molecule has 0 radical (unpaired) electrons. The van der Waals surface area contributed by atoms with E-state index in [1.807, 2.05) is 11.8 Å². The molecule has 2 saturated heterocycles. The van der Waals surface area contributed by atoms with Crippen molar-refractivity contribution >= 4 is 19.1 Å². The SMILES string of the molecule is C[C@@H]1OC1B1OC(=O)CN(C2CC3C[C@H]([C@H]2C)C3(C)C)CC(=O)O1. The molecule has 6 atom stereocenters. The van der Waals surface area contributed by atoms with E-state index < -0.39 is 7.12 Å². The van der Waals surface area contributed by atoms with Crippen molar-refractivity contribution < 1.29 is 23.6 Å². The normalized spacial score (nSPS) is 44.8. The summed E-state index contributed by atoms with van der Waals surface area (Å²) in [7, 11) is -0.890. The number of nitrogens with zero attached hydrogens (tertiary/aromatic N) is 1. The van der Waals surface area contributed by atoms with Crippen molar-refractivity contribution in [3.05, 3.63) is 0 Å². The average Bonchev–Trinajstić information content (AvgIpc) is 3.20. The maximum Gasteiger partial charge on any atom is 0.632 e. The first kappa shape index (κ1) is 16.4. The van der Waals surface area contributed by atoms with Gasteiger partial charge in [-0.1, -0.05) is 20.8 Å². The Morgan fingerprint density at radius 3 is 2.12 bits per heavy atom. The van der Waals surface area contributed by atoms with Crippen LogP contribution in [0, 0.1) is 23.2 Å². The molecule has 0 spiro atoms. The number of epoxide rings is 1. The van der Waals surface area contributed by atoms with Crippen LogP contribution in [0.3, 0.4) is 0 Å². The highest BCUT2D eigenvalue weighted by Gasteiger charge is 2.58. The number of ether oxygens (including phenoxy) is 1. The lowest BCUT2D eigenvalue weighted by Gasteiger charge is -2.63. The summed E-state index contributed by atoms with van der Waals surface area (Å²) in [6, 6.07) is -0.0685. The van der Waals surface area contributed by atoms with Crippen molar-refractivity contribution in [1.29, 1.82) is 0 Å². The van der Waals surface area contributed by atoms with E-state index in [-0.39, 0.29) is 43.2 Å². The predicted molar refractivity (Wildman–Crippen MR) is 86.8 cm³/mol. The van der Waals surface area contributed by atoms with E-state index >= 15 is 0 Å². The molecule has 3 unspecified atom stereocenters. The molecule has 6 nitrogen and oxygen atoms in total. The summed E-state index contributed by atoms with van der Waals surface area (Å²) in [6.07, 6.45) is 2.28. The fourth-order valence-corrected chi connectivity index (χ4v) is 5.21. The van der Waals surface area contributed by atoms with Crippen molar-refractivity contribution in [3.8, 4) is 0 Å². The quantitative estimate of drug-likeness (QED) is 0.559. The summed E-state index contributed by atoms with van der Waals surface area (Å²) in [6.45, 7) is 9.12. The Morgan fingerprint density at radius 2 is 1.67 bits per heavy atom. The second-order valence-corrected chi connectivity index (χ2v) is 8.58. The zero-order valence-electron chi connectivity index (χ0n) is 14.9. The fraction of sp³-hybridized carbons (Fsp3) is 0.882. The van der Waals surface area contributed by atoms with Crippen LogP contribution in [0.1, 0.15) is 40.5 Å². The van der Waals surface area contributed by atoms with Gasteiger partial charge in [-0.25, -0.2) is 0 Å². The molecule has 0 aromatic carbocycles. The number of carbonyl (C=O) groups is 2. The van der Waals surface area contributed by atoms with Gasteiger partial charge in [0.2, 0.25) is 0 Å². The summed E-state index contributed by atoms with van der Waals surface area (Å²) < 4.78 is 16.0. The predicted octanol–water partition coefficient (Wildman–Crippen LogP) is 1.27. The number of hydrogen-bond donors (Lipinski definition) is 0. The summed E-state index contributed by atoms with van der Waals surface area (Å²) in [5, 5.41) is 0. The summed E-state index contributed by atoms with van der Waals surface area (Å²) in [5.41, 5.74) is 0.379. The number of carbonyl (C=O) groups excluding carboxylic acids is 2. The Morgan fingerprint density at radius 1 is 1.08 bits per heavy atom. The second kappa shape index (κ2) is 5.46. The van der Waals surface area contributed by atoms with Gasteiger partial charge in [-0.3, -0.25) is 14.5 Å². The molecule has 2 aliphatic heterocycles. The van der Waals surface area contributed by atoms with Crippen LogP contribution in [0.15, 0.2) is 0 Å². The largest absolute Gasteiger partial charge is 0.632 e. The minimum atomic E-state index is -0.890. The van der Waals surface area contributed by atoms with Crippen molar-refractivity contribution in [1.82, 2.24) is 4.90 Å². The van der Waals surface area contributed by atoms with E-state index in [1.165, 1.54) is 6.42 Å². The van der Waals surface area contributed by atoms with Gasteiger partial charge >= 0.3 is 19.1 Å². The summed E-state index contributed by atoms with van der Waals surface area (Å²) in [5.74, 6) is 1.14. The molecule has 0 aromatic heterocycles. The average molecular weight is 335 g/mol. The third kappa shape index (κ3) is 2.56. The smallest absolute Gasteiger partial charge is 0.496 e. The Bertz CT molecular complexity index is 547. The molecule has 2 bridgehead atoms. The van der Waals surface area contributed by atoms with E-state index in [4.69, 9.17) is 14.0 Å². The van der Waals surface area contributed by atoms with E-state index in [1.54, 1.807) is 0 Å². The third-order valence-electron chi connectivity index (χ3n) is 6.97. The van der Waals surface area contributed by atoms with Crippen molar-refractivity contribution in [2.75, 3.05) is 13.1 Å².